The Hall–Kier alpha value is -1.98. The molecule has 13 aliphatic heterocycles. The molecule has 18 unspecified atom stereocenters. The highest BCUT2D eigenvalue weighted by molar-refractivity contribution is 5.33. The van der Waals surface area contributed by atoms with Crippen LogP contribution in [0.25, 0.3) is 0 Å². The molecule has 530 valence electrons. The average Bonchev–Trinajstić information content (AvgIpc) is 0.649. The maximum atomic E-state index is 12.3. The van der Waals surface area contributed by atoms with E-state index in [0.717, 1.165) is 7.11 Å². The van der Waals surface area contributed by atoms with Crippen LogP contribution in [0.4, 0.5) is 0 Å². The normalized spacial score (nSPS) is 48.4. The van der Waals surface area contributed by atoms with E-state index >= 15 is 0 Å². The Kier molecular flexibility index (Phi) is 27.6. The molecule has 0 radical (unpaired) electrons. The van der Waals surface area contributed by atoms with Gasteiger partial charge in [-0.15, -0.1) is 0 Å². The number of rotatable bonds is 22. The third-order valence-electron chi connectivity index (χ3n) is 17.9. The van der Waals surface area contributed by atoms with Crippen molar-refractivity contribution in [1.82, 2.24) is 0 Å². The summed E-state index contributed by atoms with van der Waals surface area (Å²) in [7, 11) is 18.4. The first-order chi connectivity index (χ1) is 43.8. The van der Waals surface area contributed by atoms with Crippen molar-refractivity contribution < 1.29 is 169 Å². The lowest BCUT2D eigenvalue weighted by molar-refractivity contribution is -0.546. The summed E-state index contributed by atoms with van der Waals surface area (Å²) in [4.78, 5) is 0. The van der Waals surface area contributed by atoms with E-state index in [1.165, 1.54) is 92.4 Å². The lowest BCUT2D eigenvalue weighted by atomic mass is 9.55. The molecule has 0 amide bonds. The van der Waals surface area contributed by atoms with E-state index in [-0.39, 0.29) is 52.7 Å². The van der Waals surface area contributed by atoms with Gasteiger partial charge in [-0.05, 0) is 0 Å². The Morgan fingerprint density at radius 3 is 1.04 bits per heavy atom. The summed E-state index contributed by atoms with van der Waals surface area (Å²) < 4.78 is 163. The van der Waals surface area contributed by atoms with Crippen molar-refractivity contribution in [1.29, 1.82) is 0 Å². The zero-order valence-corrected chi connectivity index (χ0v) is 53.6. The molecule has 7 fully saturated rings. The molecule has 91 heavy (non-hydrogen) atoms. The molecule has 0 aromatic rings. The van der Waals surface area contributed by atoms with Gasteiger partial charge in [-0.25, -0.2) is 0 Å². The maximum Gasteiger partial charge on any atom is 0.218 e. The molecule has 6 saturated heterocycles. The molecule has 0 aromatic carbocycles. The highest BCUT2D eigenvalue weighted by Gasteiger charge is 2.87. The van der Waals surface area contributed by atoms with Gasteiger partial charge in [0, 0.05) is 105 Å². The quantitative estimate of drug-likeness (QED) is 0.0502. The molecule has 0 aromatic heterocycles. The van der Waals surface area contributed by atoms with Crippen molar-refractivity contribution in [2.75, 3.05) is 146 Å². The smallest absolute Gasteiger partial charge is 0.218 e. The highest BCUT2D eigenvalue weighted by Crippen LogP contribution is 2.62. The van der Waals surface area contributed by atoms with Crippen LogP contribution >= 0.6 is 0 Å². The van der Waals surface area contributed by atoms with Crippen LogP contribution in [0.2, 0.25) is 0 Å². The van der Waals surface area contributed by atoms with Crippen molar-refractivity contribution in [3.63, 3.8) is 0 Å². The molecule has 32 atom stereocenters. The fourth-order valence-corrected chi connectivity index (χ4v) is 13.4. The number of fused-ring (bicyclic) bond motifs is 5. The van der Waals surface area contributed by atoms with E-state index < -0.39 is 207 Å². The van der Waals surface area contributed by atoms with Crippen LogP contribution in [0.5, 0.6) is 0 Å². The second-order valence-corrected chi connectivity index (χ2v) is 22.9. The number of ether oxygens (including phenoxy) is 27. The van der Waals surface area contributed by atoms with Crippen molar-refractivity contribution in [2.24, 2.45) is 0 Å². The molecule has 1 aliphatic carbocycles. The van der Waals surface area contributed by atoms with E-state index in [9.17, 15) is 40.9 Å². The summed E-state index contributed by atoms with van der Waals surface area (Å²) >= 11 is 0. The summed E-state index contributed by atoms with van der Waals surface area (Å²) in [5.41, 5.74) is -3.44. The van der Waals surface area contributed by atoms with Gasteiger partial charge in [-0.1, -0.05) is 0 Å². The van der Waals surface area contributed by atoms with E-state index in [2.05, 4.69) is 0 Å². The monoisotopic (exact) mass is 1330 g/mol. The molecule has 14 bridgehead atoms. The second kappa shape index (κ2) is 33.5. The molecule has 35 nitrogen and oxygen atoms in total. The van der Waals surface area contributed by atoms with Crippen LogP contribution in [0.1, 0.15) is 6.42 Å². The summed E-state index contributed by atoms with van der Waals surface area (Å²) in [5.74, 6) is -1.36. The Labute approximate surface area is 526 Å². The van der Waals surface area contributed by atoms with Gasteiger partial charge in [0.1, 0.15) is 140 Å². The zero-order chi connectivity index (χ0) is 66.2. The van der Waals surface area contributed by atoms with Crippen LogP contribution in [0, 0.1) is 0 Å². The molecule has 1 saturated carbocycles. The van der Waals surface area contributed by atoms with Gasteiger partial charge in [-0.2, -0.15) is 0 Å². The fraction of sp³-hybridized carbons (Fsp3) is 0.964. The van der Waals surface area contributed by atoms with Crippen molar-refractivity contribution in [3.8, 4) is 0 Å². The molecular formula is C56H96O35. The van der Waals surface area contributed by atoms with Crippen LogP contribution in [0.15, 0.2) is 11.5 Å². The Morgan fingerprint density at radius 2 is 0.725 bits per heavy atom. The molecule has 13 heterocycles. The minimum Gasteiger partial charge on any atom is -0.506 e. The summed E-state index contributed by atoms with van der Waals surface area (Å²) in [6, 6.07) is 0. The topological polar surface area (TPSA) is 411 Å². The van der Waals surface area contributed by atoms with Gasteiger partial charge in [0.2, 0.25) is 6.29 Å². The predicted octanol–water partition coefficient (Wildman–Crippen LogP) is -5.30. The first-order valence-electron chi connectivity index (χ1n) is 29.7. The van der Waals surface area contributed by atoms with E-state index in [4.69, 9.17) is 128 Å². The second-order valence-electron chi connectivity index (χ2n) is 22.9. The Balaban J connectivity index is 1.18. The van der Waals surface area contributed by atoms with Crippen LogP contribution in [0.3, 0.4) is 0 Å². The predicted molar refractivity (Wildman–Crippen MR) is 295 cm³/mol. The number of hydrogen-bond acceptors (Lipinski definition) is 35. The van der Waals surface area contributed by atoms with E-state index in [0.29, 0.717) is 0 Å². The van der Waals surface area contributed by atoms with Crippen molar-refractivity contribution >= 4 is 0 Å². The van der Waals surface area contributed by atoms with Crippen LogP contribution < -0.4 is 0 Å². The largest absolute Gasteiger partial charge is 0.506 e. The summed E-state index contributed by atoms with van der Waals surface area (Å²) in [5, 5.41) is 97.6. The lowest BCUT2D eigenvalue weighted by Gasteiger charge is -2.74. The Morgan fingerprint density at radius 1 is 0.385 bits per heavy atom. The van der Waals surface area contributed by atoms with E-state index in [1.54, 1.807) is 0 Å². The molecule has 14 rings (SSSR count). The molecular weight excluding hydrogens is 1230 g/mol. The van der Waals surface area contributed by atoms with Crippen molar-refractivity contribution in [2.45, 2.75) is 202 Å². The minimum atomic E-state index is -2.19. The first kappa shape index (κ1) is 74.8. The van der Waals surface area contributed by atoms with Crippen molar-refractivity contribution in [3.05, 3.63) is 11.5 Å². The first-order valence-corrected chi connectivity index (χ1v) is 29.7. The van der Waals surface area contributed by atoms with E-state index in [1.807, 2.05) is 0 Å². The fourth-order valence-electron chi connectivity index (χ4n) is 13.4. The lowest BCUT2D eigenvalue weighted by Crippen LogP contribution is -2.97. The number of methoxy groups -OCH3 is 14. The minimum absolute atomic E-state index is 0.0614. The number of aliphatic hydroxyl groups is 8. The molecule has 35 heteroatoms. The molecule has 0 spiro atoms. The Bertz CT molecular complexity index is 2200. The summed E-state index contributed by atoms with van der Waals surface area (Å²) in [6.45, 7) is -1.62. The zero-order valence-electron chi connectivity index (χ0n) is 53.6. The average molecular weight is 1330 g/mol. The SMILES string of the molecule is COCC[C@H]1O[C@H]2OC(COC)[C@@H](O[C@H]3OC(COC)[C@@H](O[C@H]4OC(COC)[C@@H](O[C@H]5OC6(COC)[C@@H](O[C@H]7OC(COC)[C@@H](O[C@H]8OC(COC)[C@@H](O[C@@H](O)/C(OC)=C/1O)C(O)C8OC)C(O)C7OC)C(O)C56OC)C(O)C4OC)C(O)C3OC)C(O)C2OC. The third kappa shape index (κ3) is 14.5. The van der Waals surface area contributed by atoms with Gasteiger partial charge in [-0.3, -0.25) is 0 Å². The number of aliphatic hydroxyl groups excluding tert-OH is 8. The van der Waals surface area contributed by atoms with Gasteiger partial charge in [0.15, 0.2) is 60.5 Å². The van der Waals surface area contributed by atoms with Crippen LogP contribution in [-0.2, 0) is 128 Å². The maximum absolute atomic E-state index is 12.3. The molecule has 14 aliphatic rings. The van der Waals surface area contributed by atoms with Gasteiger partial charge in [0.05, 0.1) is 46.8 Å². The standard InChI is InChI=1S/C56H96O35/c1-65-16-15-23-29(57)40(72-8)48(64)85-35-24(17-66-2)81-50(42(74-10)30(35)58)88-38-27(20-69-5)84-53(45(77-13)33(38)61)90-47-46(63)56(78-14)54(91-55(47,56)22-71-7)89-39-28(21-70-6)83-52(44(76-12)34(39)62)87-37-26(19-68-4)82-51(43(75-11)32(37)60)86-36-25(18-67-3)80-49(79-23)41(73-9)31(36)59/h23-28,30-39,41-54,57-64H,15-22H2,1-14H3/b40-29+/t23-,24?,25?,26?,27?,28?,30?,31?,32?,33?,34?,35-,36-,37-,38-,39-,41?,42?,43?,44?,45?,46?,47+,48-,49+,50-,51-,52-,53-,54+,55?,56?/m1/s1. The number of hydrogen-bond donors (Lipinski definition) is 8. The molecule has 8 N–H and O–H groups in total. The highest BCUT2D eigenvalue weighted by atomic mass is 16.8. The van der Waals surface area contributed by atoms with Gasteiger partial charge < -0.3 is 169 Å². The van der Waals surface area contributed by atoms with Crippen LogP contribution in [-0.4, -0.2) is 382 Å². The third-order valence-corrected chi connectivity index (χ3v) is 17.9. The van der Waals surface area contributed by atoms with Gasteiger partial charge in [0.25, 0.3) is 0 Å². The summed E-state index contributed by atoms with van der Waals surface area (Å²) in [6.07, 6.45) is -44.5. The van der Waals surface area contributed by atoms with Gasteiger partial charge >= 0.3 is 0 Å².